The van der Waals surface area contributed by atoms with E-state index in [4.69, 9.17) is 10.00 Å². The van der Waals surface area contributed by atoms with Crippen LogP contribution in [0.3, 0.4) is 0 Å². The summed E-state index contributed by atoms with van der Waals surface area (Å²) in [5, 5.41) is 12.3. The molecule has 0 aliphatic heterocycles. The van der Waals surface area contributed by atoms with Crippen LogP contribution in [-0.4, -0.2) is 13.2 Å². The Kier molecular flexibility index (Phi) is 7.85. The summed E-state index contributed by atoms with van der Waals surface area (Å²) in [6, 6.07) is 10.6. The van der Waals surface area contributed by atoms with Gasteiger partial charge in [-0.05, 0) is 63.8 Å². The fourth-order valence-corrected chi connectivity index (χ4v) is 2.03. The van der Waals surface area contributed by atoms with E-state index < -0.39 is 0 Å². The van der Waals surface area contributed by atoms with Gasteiger partial charge in [-0.2, -0.15) is 5.26 Å². The third-order valence-corrected chi connectivity index (χ3v) is 3.45. The molecule has 0 saturated carbocycles. The van der Waals surface area contributed by atoms with Crippen LogP contribution in [0.25, 0.3) is 0 Å². The highest BCUT2D eigenvalue weighted by Crippen LogP contribution is 2.21. The minimum absolute atomic E-state index is 0.215. The van der Waals surface area contributed by atoms with Crippen molar-refractivity contribution in [2.45, 2.75) is 53.0 Å². The Labute approximate surface area is 129 Å². The molecule has 1 rings (SSSR count). The van der Waals surface area contributed by atoms with E-state index in [2.05, 4.69) is 30.4 Å². The van der Waals surface area contributed by atoms with Crippen molar-refractivity contribution in [1.29, 1.82) is 5.26 Å². The molecule has 0 fully saturated rings. The summed E-state index contributed by atoms with van der Waals surface area (Å²) in [5.74, 6) is 0.925. The highest BCUT2D eigenvalue weighted by molar-refractivity contribution is 5.27. The first-order chi connectivity index (χ1) is 10.1. The number of ether oxygens (including phenoxy) is 1. The summed E-state index contributed by atoms with van der Waals surface area (Å²) in [7, 11) is 0. The number of hydrogen-bond donors (Lipinski definition) is 1. The summed E-state index contributed by atoms with van der Waals surface area (Å²) in [4.78, 5) is 0. The molecule has 0 saturated heterocycles. The van der Waals surface area contributed by atoms with Gasteiger partial charge in [-0.3, -0.25) is 0 Å². The van der Waals surface area contributed by atoms with E-state index in [1.54, 1.807) is 0 Å². The number of benzene rings is 1. The molecule has 1 N–H and O–H groups in total. The van der Waals surface area contributed by atoms with Gasteiger partial charge in [0, 0.05) is 6.54 Å². The van der Waals surface area contributed by atoms with Crippen LogP contribution in [-0.2, 0) is 6.54 Å². The minimum Gasteiger partial charge on any atom is -0.494 e. The molecule has 0 aromatic heterocycles. The van der Waals surface area contributed by atoms with Gasteiger partial charge in [-0.1, -0.05) is 19.1 Å². The molecule has 0 bridgehead atoms. The number of nitrogens with zero attached hydrogens (tertiary/aromatic N) is 1. The van der Waals surface area contributed by atoms with Gasteiger partial charge < -0.3 is 10.1 Å². The molecule has 0 amide bonds. The van der Waals surface area contributed by atoms with Crippen molar-refractivity contribution in [2.24, 2.45) is 5.41 Å². The smallest absolute Gasteiger partial charge is 0.119 e. The van der Waals surface area contributed by atoms with Crippen molar-refractivity contribution in [3.05, 3.63) is 29.8 Å². The van der Waals surface area contributed by atoms with Crippen LogP contribution in [0.5, 0.6) is 5.75 Å². The number of unbranched alkanes of at least 4 members (excludes halogenated alkanes) is 1. The summed E-state index contributed by atoms with van der Waals surface area (Å²) in [6.07, 6.45) is 4.10. The lowest BCUT2D eigenvalue weighted by atomic mass is 9.89. The van der Waals surface area contributed by atoms with Crippen LogP contribution in [0.4, 0.5) is 0 Å². The van der Waals surface area contributed by atoms with Gasteiger partial charge in [0.25, 0.3) is 0 Å². The fourth-order valence-electron chi connectivity index (χ4n) is 2.03. The van der Waals surface area contributed by atoms with Crippen molar-refractivity contribution in [3.63, 3.8) is 0 Å². The van der Waals surface area contributed by atoms with Crippen LogP contribution >= 0.6 is 0 Å². The summed E-state index contributed by atoms with van der Waals surface area (Å²) in [6.45, 7) is 8.82. The Morgan fingerprint density at radius 2 is 1.90 bits per heavy atom. The summed E-state index contributed by atoms with van der Waals surface area (Å²) >= 11 is 0. The second-order valence-electron chi connectivity index (χ2n) is 6.12. The molecule has 0 aliphatic carbocycles. The molecule has 3 nitrogen and oxygen atoms in total. The van der Waals surface area contributed by atoms with E-state index in [0.717, 1.165) is 51.1 Å². The third kappa shape index (κ3) is 7.72. The van der Waals surface area contributed by atoms with Crippen LogP contribution in [0, 0.1) is 16.7 Å². The van der Waals surface area contributed by atoms with E-state index in [9.17, 15) is 0 Å². The highest BCUT2D eigenvalue weighted by atomic mass is 16.5. The van der Waals surface area contributed by atoms with E-state index in [1.165, 1.54) is 5.56 Å². The Balaban J connectivity index is 2.20. The van der Waals surface area contributed by atoms with Crippen molar-refractivity contribution in [1.82, 2.24) is 5.32 Å². The first kappa shape index (κ1) is 17.5. The second kappa shape index (κ2) is 9.41. The van der Waals surface area contributed by atoms with Crippen molar-refractivity contribution in [3.8, 4) is 11.8 Å². The SMILES string of the molecule is CCCNCc1ccc(OCCCCC(C)(C)C#N)cc1. The largest absolute Gasteiger partial charge is 0.494 e. The molecule has 0 radical (unpaired) electrons. The molecule has 0 unspecified atom stereocenters. The van der Waals surface area contributed by atoms with Gasteiger partial charge in [-0.25, -0.2) is 0 Å². The normalized spacial score (nSPS) is 11.1. The lowest BCUT2D eigenvalue weighted by molar-refractivity contribution is 0.295. The van der Waals surface area contributed by atoms with Gasteiger partial charge in [0.2, 0.25) is 0 Å². The number of nitriles is 1. The Bertz CT molecular complexity index is 432. The zero-order chi connectivity index (χ0) is 15.6. The molecule has 116 valence electrons. The topological polar surface area (TPSA) is 45.0 Å². The number of hydrogen-bond acceptors (Lipinski definition) is 3. The highest BCUT2D eigenvalue weighted by Gasteiger charge is 2.15. The van der Waals surface area contributed by atoms with Gasteiger partial charge in [-0.15, -0.1) is 0 Å². The first-order valence-corrected chi connectivity index (χ1v) is 7.91. The second-order valence-corrected chi connectivity index (χ2v) is 6.12. The summed E-state index contributed by atoms with van der Waals surface area (Å²) in [5.41, 5.74) is 1.07. The Hall–Kier alpha value is -1.53. The van der Waals surface area contributed by atoms with Gasteiger partial charge in [0.15, 0.2) is 0 Å². The minimum atomic E-state index is -0.215. The fraction of sp³-hybridized carbons (Fsp3) is 0.611. The van der Waals surface area contributed by atoms with Crippen molar-refractivity contribution >= 4 is 0 Å². The van der Waals surface area contributed by atoms with Crippen LogP contribution in [0.15, 0.2) is 24.3 Å². The van der Waals surface area contributed by atoms with E-state index in [0.29, 0.717) is 0 Å². The molecule has 0 heterocycles. The molecule has 1 aromatic carbocycles. The first-order valence-electron chi connectivity index (χ1n) is 7.91. The van der Waals surface area contributed by atoms with Gasteiger partial charge in [0.1, 0.15) is 5.75 Å². The predicted molar refractivity (Wildman–Crippen MR) is 87.2 cm³/mol. The average molecular weight is 288 g/mol. The van der Waals surface area contributed by atoms with Gasteiger partial charge >= 0.3 is 0 Å². The lowest BCUT2D eigenvalue weighted by Gasteiger charge is -2.14. The molecule has 0 atom stereocenters. The van der Waals surface area contributed by atoms with Gasteiger partial charge in [0.05, 0.1) is 18.1 Å². The maximum Gasteiger partial charge on any atom is 0.119 e. The molecular weight excluding hydrogens is 260 g/mol. The molecule has 3 heteroatoms. The Morgan fingerprint density at radius 1 is 1.19 bits per heavy atom. The quantitative estimate of drug-likeness (QED) is 0.653. The molecule has 0 spiro atoms. The van der Waals surface area contributed by atoms with E-state index >= 15 is 0 Å². The maximum absolute atomic E-state index is 8.95. The zero-order valence-electron chi connectivity index (χ0n) is 13.6. The standard InChI is InChI=1S/C18H28N2O/c1-4-12-20-14-16-7-9-17(10-8-16)21-13-6-5-11-18(2,3)15-19/h7-10,20H,4-6,11-14H2,1-3H3. The summed E-state index contributed by atoms with van der Waals surface area (Å²) < 4.78 is 5.73. The van der Waals surface area contributed by atoms with Crippen LogP contribution < -0.4 is 10.1 Å². The number of rotatable bonds is 10. The lowest BCUT2D eigenvalue weighted by Crippen LogP contribution is -2.13. The maximum atomic E-state index is 8.95. The van der Waals surface area contributed by atoms with E-state index in [-0.39, 0.29) is 5.41 Å². The molecule has 1 aromatic rings. The predicted octanol–water partition coefficient (Wildman–Crippen LogP) is 4.29. The van der Waals surface area contributed by atoms with E-state index in [1.807, 2.05) is 26.0 Å². The van der Waals surface area contributed by atoms with Crippen LogP contribution in [0.1, 0.15) is 52.0 Å². The molecule has 0 aliphatic rings. The van der Waals surface area contributed by atoms with Crippen molar-refractivity contribution in [2.75, 3.05) is 13.2 Å². The third-order valence-electron chi connectivity index (χ3n) is 3.45. The average Bonchev–Trinajstić information content (AvgIpc) is 2.48. The Morgan fingerprint density at radius 3 is 2.52 bits per heavy atom. The van der Waals surface area contributed by atoms with Crippen LogP contribution in [0.2, 0.25) is 0 Å². The van der Waals surface area contributed by atoms with Crippen molar-refractivity contribution < 1.29 is 4.74 Å². The number of nitrogens with one attached hydrogen (secondary N) is 1. The molecular formula is C18H28N2O. The molecule has 21 heavy (non-hydrogen) atoms. The monoisotopic (exact) mass is 288 g/mol. The zero-order valence-corrected chi connectivity index (χ0v) is 13.6.